The molecular weight excluding hydrogens is 574 g/mol. The third kappa shape index (κ3) is 6.51. The van der Waals surface area contributed by atoms with E-state index in [0.29, 0.717) is 30.2 Å². The predicted octanol–water partition coefficient (Wildman–Crippen LogP) is 3.98. The summed E-state index contributed by atoms with van der Waals surface area (Å²) in [7, 11) is -3.13. The van der Waals surface area contributed by atoms with Crippen LogP contribution in [-0.4, -0.2) is 60.9 Å². The van der Waals surface area contributed by atoms with Crippen molar-refractivity contribution in [1.29, 1.82) is 0 Å². The summed E-state index contributed by atoms with van der Waals surface area (Å²) in [5.74, 6) is 0.232. The number of rotatable bonds is 6. The number of carbonyl (C=O) groups is 2. The Morgan fingerprint density at radius 2 is 1.67 bits per heavy atom. The van der Waals surface area contributed by atoms with Gasteiger partial charge in [-0.3, -0.25) is 14.5 Å². The Morgan fingerprint density at radius 3 is 2.29 bits per heavy atom. The van der Waals surface area contributed by atoms with Crippen LogP contribution in [0.5, 0.6) is 0 Å². The fourth-order valence-corrected chi connectivity index (χ4v) is 6.31. The topological polar surface area (TPSA) is 139 Å². The normalized spacial score (nSPS) is 22.0. The number of hydrogen-bond donors (Lipinski definition) is 2. The van der Waals surface area contributed by atoms with Gasteiger partial charge in [0.2, 0.25) is 10.0 Å². The smallest absolute Gasteiger partial charge is 0.261 e. The lowest BCUT2D eigenvalue weighted by atomic mass is 9.89. The number of nitrogens with zero attached hydrogens (tertiary/aromatic N) is 3. The van der Waals surface area contributed by atoms with E-state index in [1.807, 2.05) is 83.8 Å². The van der Waals surface area contributed by atoms with Crippen LogP contribution in [0.15, 0.2) is 83.9 Å². The average Bonchev–Trinajstić information content (AvgIpc) is 3.71. The molecule has 1 aliphatic carbocycles. The van der Waals surface area contributed by atoms with Crippen LogP contribution >= 0.6 is 11.6 Å². The van der Waals surface area contributed by atoms with Crippen LogP contribution < -0.4 is 10.9 Å². The van der Waals surface area contributed by atoms with Crippen molar-refractivity contribution in [2.24, 2.45) is 21.8 Å². The van der Waals surface area contributed by atoms with Gasteiger partial charge in [0.15, 0.2) is 11.5 Å². The SMILES string of the molecule is CC1(c2cccc(-c3cccc(Cl)c3)c2)N=C(N)N(C[C@H]2CCN(C(=O)c3ccccc3)C2)C1=O.NS(=O)(=O)C1CC1. The first-order valence-corrected chi connectivity index (χ1v) is 15.8. The largest absolute Gasteiger partial charge is 0.369 e. The molecule has 1 saturated heterocycles. The summed E-state index contributed by atoms with van der Waals surface area (Å²) < 4.78 is 20.3. The number of aliphatic imine (C=N–C) groups is 1. The van der Waals surface area contributed by atoms with Gasteiger partial charge in [0.05, 0.1) is 5.25 Å². The van der Waals surface area contributed by atoms with Gasteiger partial charge in [-0.25, -0.2) is 18.5 Å². The molecule has 6 rings (SSSR count). The highest BCUT2D eigenvalue weighted by Gasteiger charge is 2.46. The van der Waals surface area contributed by atoms with Gasteiger partial charge in [0.1, 0.15) is 0 Å². The van der Waals surface area contributed by atoms with Gasteiger partial charge in [0.25, 0.3) is 11.8 Å². The third-order valence-electron chi connectivity index (χ3n) is 7.88. The number of halogens is 1. The number of amides is 2. The Hall–Kier alpha value is -3.73. The number of nitrogens with two attached hydrogens (primary N) is 2. The zero-order valence-corrected chi connectivity index (χ0v) is 24.9. The fraction of sp³-hybridized carbons (Fsp3) is 0.323. The number of likely N-dealkylation sites (tertiary alicyclic amines) is 1. The van der Waals surface area contributed by atoms with Gasteiger partial charge in [-0.15, -0.1) is 0 Å². The van der Waals surface area contributed by atoms with Crippen LogP contribution in [0.3, 0.4) is 0 Å². The van der Waals surface area contributed by atoms with E-state index in [4.69, 9.17) is 22.5 Å². The molecule has 2 aliphatic heterocycles. The molecule has 3 aliphatic rings. The van der Waals surface area contributed by atoms with Crippen LogP contribution in [0.1, 0.15) is 42.1 Å². The van der Waals surface area contributed by atoms with E-state index in [0.717, 1.165) is 36.0 Å². The van der Waals surface area contributed by atoms with Gasteiger partial charge in [-0.2, -0.15) is 0 Å². The van der Waals surface area contributed by atoms with Crippen molar-refractivity contribution >= 4 is 39.4 Å². The molecule has 220 valence electrons. The highest BCUT2D eigenvalue weighted by Crippen LogP contribution is 2.36. The van der Waals surface area contributed by atoms with E-state index in [9.17, 15) is 18.0 Å². The summed E-state index contributed by atoms with van der Waals surface area (Å²) in [6, 6.07) is 24.7. The second-order valence-corrected chi connectivity index (χ2v) is 13.4. The van der Waals surface area contributed by atoms with Gasteiger partial charge < -0.3 is 10.6 Å². The van der Waals surface area contributed by atoms with E-state index < -0.39 is 15.6 Å². The molecule has 1 unspecified atom stereocenters. The molecule has 0 spiro atoms. The van der Waals surface area contributed by atoms with E-state index in [1.165, 1.54) is 0 Å². The van der Waals surface area contributed by atoms with Crippen molar-refractivity contribution in [3.8, 4) is 11.1 Å². The van der Waals surface area contributed by atoms with Crippen LogP contribution in [-0.2, 0) is 20.4 Å². The molecule has 2 amide bonds. The summed E-state index contributed by atoms with van der Waals surface area (Å²) in [4.78, 5) is 34.4. The Kier molecular flexibility index (Phi) is 8.41. The molecule has 4 N–H and O–H groups in total. The Balaban J connectivity index is 0.000000442. The van der Waals surface area contributed by atoms with Crippen LogP contribution in [0.2, 0.25) is 5.02 Å². The molecule has 11 heteroatoms. The molecule has 1 saturated carbocycles. The van der Waals surface area contributed by atoms with E-state index in [-0.39, 0.29) is 28.9 Å². The standard InChI is InChI=1S/C28H27ClN4O2.C3H7NO2S/c1-28(23-11-5-9-21(15-23)22-10-6-12-24(29)16-22)26(35)33(27(30)31-28)18-19-13-14-32(17-19)25(34)20-7-3-2-4-8-20;4-7(5,6)3-1-2-3/h2-12,15-16,19H,13-14,17-18H2,1H3,(H2,30,31);3H,1-2H2,(H2,4,5,6)/t19-,28?;/m0./s1. The molecular formula is C31H34ClN5O4S. The zero-order chi connectivity index (χ0) is 30.1. The van der Waals surface area contributed by atoms with Crippen molar-refractivity contribution in [2.75, 3.05) is 19.6 Å². The summed E-state index contributed by atoms with van der Waals surface area (Å²) in [5.41, 5.74) is 8.55. The zero-order valence-electron chi connectivity index (χ0n) is 23.3. The fourth-order valence-electron chi connectivity index (χ4n) is 5.32. The molecule has 42 heavy (non-hydrogen) atoms. The minimum Gasteiger partial charge on any atom is -0.369 e. The molecule has 2 fully saturated rings. The molecule has 9 nitrogen and oxygen atoms in total. The Morgan fingerprint density at radius 1 is 1.00 bits per heavy atom. The minimum absolute atomic E-state index is 0.0187. The first-order chi connectivity index (χ1) is 20.0. The third-order valence-corrected chi connectivity index (χ3v) is 9.52. The first-order valence-electron chi connectivity index (χ1n) is 13.9. The second kappa shape index (κ2) is 11.9. The summed E-state index contributed by atoms with van der Waals surface area (Å²) in [6.07, 6.45) is 2.34. The summed E-state index contributed by atoms with van der Waals surface area (Å²) in [5, 5.41) is 5.17. The highest BCUT2D eigenvalue weighted by atomic mass is 35.5. The number of hydrogen-bond acceptors (Lipinski definition) is 6. The van der Waals surface area contributed by atoms with E-state index >= 15 is 0 Å². The van der Waals surface area contributed by atoms with E-state index in [2.05, 4.69) is 4.99 Å². The maximum atomic E-state index is 13.6. The number of guanidine groups is 1. The van der Waals surface area contributed by atoms with Gasteiger partial charge in [0, 0.05) is 30.2 Å². The Labute approximate surface area is 251 Å². The van der Waals surface area contributed by atoms with Crippen molar-refractivity contribution in [2.45, 2.75) is 37.0 Å². The maximum Gasteiger partial charge on any atom is 0.261 e. The number of carbonyl (C=O) groups excluding carboxylic acids is 2. The molecule has 3 aromatic rings. The van der Waals surface area contributed by atoms with Gasteiger partial charge in [-0.1, -0.05) is 60.1 Å². The van der Waals surface area contributed by atoms with Crippen molar-refractivity contribution < 1.29 is 18.0 Å². The van der Waals surface area contributed by atoms with Crippen LogP contribution in [0, 0.1) is 5.92 Å². The van der Waals surface area contributed by atoms with Crippen molar-refractivity contribution in [3.05, 3.63) is 95.0 Å². The average molecular weight is 608 g/mol. The van der Waals surface area contributed by atoms with Gasteiger partial charge >= 0.3 is 0 Å². The summed E-state index contributed by atoms with van der Waals surface area (Å²) in [6.45, 7) is 3.50. The molecule has 0 bridgehead atoms. The minimum atomic E-state index is -3.13. The molecule has 0 aromatic heterocycles. The van der Waals surface area contributed by atoms with Crippen molar-refractivity contribution in [3.63, 3.8) is 0 Å². The molecule has 0 radical (unpaired) electrons. The number of sulfonamides is 1. The number of benzene rings is 3. The monoisotopic (exact) mass is 607 g/mol. The highest BCUT2D eigenvalue weighted by molar-refractivity contribution is 7.90. The maximum absolute atomic E-state index is 13.6. The molecule has 2 heterocycles. The van der Waals surface area contributed by atoms with Gasteiger partial charge in [-0.05, 0) is 79.1 Å². The lowest BCUT2D eigenvalue weighted by Gasteiger charge is -2.25. The second-order valence-electron chi connectivity index (χ2n) is 11.1. The van der Waals surface area contributed by atoms with Crippen LogP contribution in [0.25, 0.3) is 11.1 Å². The van der Waals surface area contributed by atoms with Crippen molar-refractivity contribution in [1.82, 2.24) is 9.80 Å². The van der Waals surface area contributed by atoms with Crippen LogP contribution in [0.4, 0.5) is 0 Å². The molecule has 3 aromatic carbocycles. The quantitative estimate of drug-likeness (QED) is 0.436. The predicted molar refractivity (Wildman–Crippen MR) is 164 cm³/mol. The van der Waals surface area contributed by atoms with E-state index in [1.54, 1.807) is 11.8 Å². The summed E-state index contributed by atoms with van der Waals surface area (Å²) >= 11 is 6.17. The first kappa shape index (κ1) is 29.8. The lowest BCUT2D eigenvalue weighted by molar-refractivity contribution is -0.131. The molecule has 2 atom stereocenters. The number of primary sulfonamides is 1. The lowest BCUT2D eigenvalue weighted by Crippen LogP contribution is -2.44. The Bertz CT molecular complexity index is 1630.